The van der Waals surface area contributed by atoms with E-state index in [0.717, 1.165) is 0 Å². The molecule has 0 saturated heterocycles. The lowest BCUT2D eigenvalue weighted by atomic mass is 10.2. The van der Waals surface area contributed by atoms with Crippen LogP contribution in [0.4, 0.5) is 0 Å². The Balaban J connectivity index is 3.78. The molecule has 0 aromatic rings. The normalized spacial score (nSPS) is 13.7. The molecule has 0 aromatic carbocycles. The van der Waals surface area contributed by atoms with Crippen molar-refractivity contribution in [3.63, 3.8) is 0 Å². The first kappa shape index (κ1) is 17.8. The van der Waals surface area contributed by atoms with Gasteiger partial charge >= 0.3 is 0 Å². The molecule has 0 heterocycles. The first-order chi connectivity index (χ1) is 9.07. The summed E-state index contributed by atoms with van der Waals surface area (Å²) >= 11 is 0. The zero-order chi connectivity index (χ0) is 14.7. The molecule has 7 nitrogen and oxygen atoms in total. The highest BCUT2D eigenvalue weighted by Gasteiger charge is 2.12. The number of carbonyl (C=O) groups is 2. The molecule has 0 bridgehead atoms. The summed E-state index contributed by atoms with van der Waals surface area (Å²) < 4.78 is 4.95. The lowest BCUT2D eigenvalue weighted by molar-refractivity contribution is -0.132. The standard InChI is InChI=1S/C12H24N2O5/c1-3-9(5-15)13-11(17)7-19-8-12(18)14-10(4-2)6-16/h9-10,15-16H,3-8H2,1-2H3,(H,13,17)(H,14,18)/t9-,10-/m1/s1. The Kier molecular flexibility index (Phi) is 10.1. The molecule has 4 N–H and O–H groups in total. The monoisotopic (exact) mass is 276 g/mol. The molecule has 2 atom stereocenters. The van der Waals surface area contributed by atoms with Crippen molar-refractivity contribution < 1.29 is 24.5 Å². The van der Waals surface area contributed by atoms with Crippen LogP contribution in [0, 0.1) is 0 Å². The average Bonchev–Trinajstić information content (AvgIpc) is 2.42. The Morgan fingerprint density at radius 2 is 1.32 bits per heavy atom. The second-order valence-electron chi connectivity index (χ2n) is 4.20. The topological polar surface area (TPSA) is 108 Å². The Morgan fingerprint density at radius 3 is 1.58 bits per heavy atom. The summed E-state index contributed by atoms with van der Waals surface area (Å²) in [6.07, 6.45) is 1.24. The van der Waals surface area contributed by atoms with Gasteiger partial charge in [-0.05, 0) is 12.8 Å². The van der Waals surface area contributed by atoms with Crippen LogP contribution in [0.3, 0.4) is 0 Å². The predicted molar refractivity (Wildman–Crippen MR) is 69.4 cm³/mol. The second kappa shape index (κ2) is 10.7. The van der Waals surface area contributed by atoms with Crippen LogP contribution < -0.4 is 10.6 Å². The molecule has 0 aliphatic carbocycles. The van der Waals surface area contributed by atoms with Crippen LogP contribution in [-0.4, -0.2) is 60.5 Å². The Labute approximate surface area is 113 Å². The number of hydrogen-bond donors (Lipinski definition) is 4. The van der Waals surface area contributed by atoms with E-state index in [9.17, 15) is 9.59 Å². The van der Waals surface area contributed by atoms with Gasteiger partial charge < -0.3 is 25.6 Å². The minimum atomic E-state index is -0.372. The second-order valence-corrected chi connectivity index (χ2v) is 4.20. The van der Waals surface area contributed by atoms with Crippen molar-refractivity contribution in [2.24, 2.45) is 0 Å². The maximum atomic E-state index is 11.4. The number of carbonyl (C=O) groups excluding carboxylic acids is 2. The average molecular weight is 276 g/mol. The number of aliphatic hydroxyl groups is 2. The maximum Gasteiger partial charge on any atom is 0.246 e. The lowest BCUT2D eigenvalue weighted by Crippen LogP contribution is -2.41. The summed E-state index contributed by atoms with van der Waals surface area (Å²) in [6, 6.07) is -0.576. The van der Waals surface area contributed by atoms with Crippen LogP contribution in [0.5, 0.6) is 0 Å². The third-order valence-corrected chi connectivity index (χ3v) is 2.62. The SMILES string of the molecule is CC[C@H](CO)NC(=O)COCC(=O)N[C@H](CC)CO. The summed E-state index contributed by atoms with van der Waals surface area (Å²) in [5.41, 5.74) is 0. The summed E-state index contributed by atoms with van der Waals surface area (Å²) in [5.74, 6) is -0.745. The number of rotatable bonds is 10. The molecular formula is C12H24N2O5. The highest BCUT2D eigenvalue weighted by atomic mass is 16.5. The fourth-order valence-corrected chi connectivity index (χ4v) is 1.33. The summed E-state index contributed by atoms with van der Waals surface area (Å²) in [4.78, 5) is 22.7. The van der Waals surface area contributed by atoms with Crippen LogP contribution in [0.2, 0.25) is 0 Å². The van der Waals surface area contributed by atoms with Crippen molar-refractivity contribution in [1.29, 1.82) is 0 Å². The van der Waals surface area contributed by atoms with E-state index < -0.39 is 0 Å². The maximum absolute atomic E-state index is 11.4. The summed E-state index contributed by atoms with van der Waals surface area (Å²) in [5, 5.41) is 22.9. The number of amides is 2. The zero-order valence-corrected chi connectivity index (χ0v) is 11.5. The van der Waals surface area contributed by atoms with Gasteiger partial charge in [0.15, 0.2) is 0 Å². The van der Waals surface area contributed by atoms with Gasteiger partial charge in [-0.25, -0.2) is 0 Å². The first-order valence-electron chi connectivity index (χ1n) is 6.45. The molecule has 0 aliphatic rings. The summed E-state index contributed by atoms with van der Waals surface area (Å²) in [7, 11) is 0. The molecule has 0 fully saturated rings. The molecule has 0 aliphatic heterocycles. The van der Waals surface area contributed by atoms with E-state index >= 15 is 0 Å². The Morgan fingerprint density at radius 1 is 0.947 bits per heavy atom. The highest BCUT2D eigenvalue weighted by molar-refractivity contribution is 5.79. The third-order valence-electron chi connectivity index (χ3n) is 2.62. The van der Waals surface area contributed by atoms with Gasteiger partial charge in [0.05, 0.1) is 25.3 Å². The van der Waals surface area contributed by atoms with Crippen molar-refractivity contribution in [3.05, 3.63) is 0 Å². The van der Waals surface area contributed by atoms with E-state index in [2.05, 4.69) is 10.6 Å². The molecule has 0 saturated carbocycles. The van der Waals surface area contributed by atoms with Crippen LogP contribution in [0.1, 0.15) is 26.7 Å². The molecular weight excluding hydrogens is 252 g/mol. The van der Waals surface area contributed by atoms with Gasteiger partial charge in [0.1, 0.15) is 13.2 Å². The molecule has 7 heteroatoms. The molecule has 0 aromatic heterocycles. The largest absolute Gasteiger partial charge is 0.394 e. The molecule has 19 heavy (non-hydrogen) atoms. The van der Waals surface area contributed by atoms with E-state index in [0.29, 0.717) is 12.8 Å². The molecule has 2 amide bonds. The van der Waals surface area contributed by atoms with Crippen molar-refractivity contribution in [3.8, 4) is 0 Å². The van der Waals surface area contributed by atoms with Gasteiger partial charge in [-0.15, -0.1) is 0 Å². The highest BCUT2D eigenvalue weighted by Crippen LogP contribution is 1.90. The van der Waals surface area contributed by atoms with Crippen molar-refractivity contribution >= 4 is 11.8 Å². The van der Waals surface area contributed by atoms with E-state index in [1.165, 1.54) is 0 Å². The van der Waals surface area contributed by atoms with Gasteiger partial charge in [-0.2, -0.15) is 0 Å². The third kappa shape index (κ3) is 8.52. The number of hydrogen-bond acceptors (Lipinski definition) is 5. The van der Waals surface area contributed by atoms with Gasteiger partial charge in [-0.3, -0.25) is 9.59 Å². The Bertz CT molecular complexity index is 239. The fraction of sp³-hybridized carbons (Fsp3) is 0.833. The first-order valence-corrected chi connectivity index (χ1v) is 6.45. The van der Waals surface area contributed by atoms with Crippen LogP contribution in [-0.2, 0) is 14.3 Å². The number of nitrogens with one attached hydrogen (secondary N) is 2. The molecule has 112 valence electrons. The van der Waals surface area contributed by atoms with E-state index in [1.807, 2.05) is 13.8 Å². The lowest BCUT2D eigenvalue weighted by Gasteiger charge is -2.15. The molecule has 0 spiro atoms. The van der Waals surface area contributed by atoms with Gasteiger partial charge in [0.25, 0.3) is 0 Å². The van der Waals surface area contributed by atoms with Gasteiger partial charge in [0, 0.05) is 0 Å². The molecule has 0 unspecified atom stereocenters. The smallest absolute Gasteiger partial charge is 0.246 e. The quantitative estimate of drug-likeness (QED) is 0.400. The van der Waals surface area contributed by atoms with Gasteiger partial charge in [0.2, 0.25) is 11.8 Å². The van der Waals surface area contributed by atoms with Crippen LogP contribution >= 0.6 is 0 Å². The zero-order valence-electron chi connectivity index (χ0n) is 11.5. The minimum absolute atomic E-state index is 0.128. The van der Waals surface area contributed by atoms with Crippen molar-refractivity contribution in [2.45, 2.75) is 38.8 Å². The Hall–Kier alpha value is -1.18. The fourth-order valence-electron chi connectivity index (χ4n) is 1.33. The number of ether oxygens (including phenoxy) is 1. The van der Waals surface area contributed by atoms with Crippen LogP contribution in [0.25, 0.3) is 0 Å². The molecule has 0 rings (SSSR count). The number of aliphatic hydroxyl groups excluding tert-OH is 2. The van der Waals surface area contributed by atoms with E-state index in [4.69, 9.17) is 14.9 Å². The van der Waals surface area contributed by atoms with Crippen molar-refractivity contribution in [2.75, 3.05) is 26.4 Å². The minimum Gasteiger partial charge on any atom is -0.394 e. The van der Waals surface area contributed by atoms with Crippen molar-refractivity contribution in [1.82, 2.24) is 10.6 Å². The summed E-state index contributed by atoms with van der Waals surface area (Å²) in [6.45, 7) is 2.96. The van der Waals surface area contributed by atoms with E-state index in [-0.39, 0.29) is 50.3 Å². The predicted octanol–water partition coefficient (Wildman–Crippen LogP) is -1.22. The van der Waals surface area contributed by atoms with Crippen LogP contribution in [0.15, 0.2) is 0 Å². The molecule has 0 radical (unpaired) electrons. The van der Waals surface area contributed by atoms with E-state index in [1.54, 1.807) is 0 Å². The van der Waals surface area contributed by atoms with Gasteiger partial charge in [-0.1, -0.05) is 13.8 Å².